The van der Waals surface area contributed by atoms with E-state index in [4.69, 9.17) is 9.47 Å². The minimum absolute atomic E-state index is 0.0903. The predicted octanol–water partition coefficient (Wildman–Crippen LogP) is 3.24. The largest absolute Gasteiger partial charge is 0.454 e. The van der Waals surface area contributed by atoms with Gasteiger partial charge < -0.3 is 14.8 Å². The van der Waals surface area contributed by atoms with E-state index in [1.54, 1.807) is 54.6 Å². The van der Waals surface area contributed by atoms with E-state index in [0.717, 1.165) is 6.21 Å². The second-order valence-corrected chi connectivity index (χ2v) is 7.01. The molecule has 1 heterocycles. The third-order valence-electron chi connectivity index (χ3n) is 4.74. The van der Waals surface area contributed by atoms with Gasteiger partial charge in [-0.3, -0.25) is 19.7 Å². The summed E-state index contributed by atoms with van der Waals surface area (Å²) in [7, 11) is 0. The molecule has 0 spiro atoms. The topological polar surface area (TPSA) is 132 Å². The van der Waals surface area contributed by atoms with E-state index >= 15 is 0 Å². The lowest BCUT2D eigenvalue weighted by Gasteiger charge is -2.09. The number of carbonyl (C=O) groups excluding carboxylic acids is 2. The summed E-state index contributed by atoms with van der Waals surface area (Å²) in [6.07, 6.45) is 2.62. The molecule has 0 aromatic heterocycles. The van der Waals surface area contributed by atoms with Crippen molar-refractivity contribution in [2.75, 3.05) is 6.79 Å². The number of nitro groups is 1. The molecule has 2 amide bonds. The lowest BCUT2D eigenvalue weighted by Crippen LogP contribution is -2.32. The van der Waals surface area contributed by atoms with E-state index in [1.165, 1.54) is 24.3 Å². The van der Waals surface area contributed by atoms with E-state index in [9.17, 15) is 19.7 Å². The molecule has 170 valence electrons. The lowest BCUT2D eigenvalue weighted by molar-refractivity contribution is -0.385. The number of fused-ring (bicyclic) bond motifs is 1. The molecule has 10 heteroatoms. The number of benzene rings is 3. The maximum absolute atomic E-state index is 12.9. The Hall–Kier alpha value is -4.99. The number of para-hydroxylation sites is 1. The fraction of sp³-hybridized carbons (Fsp3) is 0.0417. The molecule has 10 nitrogen and oxygen atoms in total. The lowest BCUT2D eigenvalue weighted by atomic mass is 10.1. The number of nitrogens with one attached hydrogen (secondary N) is 2. The van der Waals surface area contributed by atoms with Crippen molar-refractivity contribution < 1.29 is 24.0 Å². The molecule has 3 aromatic rings. The van der Waals surface area contributed by atoms with Crippen LogP contribution in [-0.4, -0.2) is 29.7 Å². The Morgan fingerprint density at radius 3 is 2.50 bits per heavy atom. The smallest absolute Gasteiger partial charge is 0.287 e. The second-order valence-electron chi connectivity index (χ2n) is 7.01. The quantitative estimate of drug-likeness (QED) is 0.242. The van der Waals surface area contributed by atoms with E-state index in [1.807, 2.05) is 0 Å². The van der Waals surface area contributed by atoms with Gasteiger partial charge in [0.2, 0.25) is 6.79 Å². The van der Waals surface area contributed by atoms with Gasteiger partial charge in [-0.1, -0.05) is 36.4 Å². The van der Waals surface area contributed by atoms with Gasteiger partial charge in [0.05, 0.1) is 16.7 Å². The Bertz CT molecular complexity index is 1300. The van der Waals surface area contributed by atoms with E-state index in [-0.39, 0.29) is 23.7 Å². The number of nitro benzene ring substituents is 1. The molecule has 2 N–H and O–H groups in total. The van der Waals surface area contributed by atoms with Crippen molar-refractivity contribution in [1.82, 2.24) is 10.7 Å². The standard InChI is InChI=1S/C24H18N4O6/c29-23(17-6-2-1-3-7-17)26-19(12-16-10-11-21-22(13-16)34-15-33-21)24(30)27-25-14-18-8-4-5-9-20(18)28(31)32/h1-14H,15H2,(H,26,29)(H,27,30)/b19-12+,25-14+. The molecule has 34 heavy (non-hydrogen) atoms. The van der Waals surface area contributed by atoms with Crippen molar-refractivity contribution in [3.05, 3.63) is 105 Å². The number of nitrogens with zero attached hydrogens (tertiary/aromatic N) is 2. The van der Waals surface area contributed by atoms with E-state index in [0.29, 0.717) is 22.6 Å². The van der Waals surface area contributed by atoms with Gasteiger partial charge in [0.25, 0.3) is 17.5 Å². The Labute approximate surface area is 193 Å². The Morgan fingerprint density at radius 1 is 0.971 bits per heavy atom. The van der Waals surface area contributed by atoms with Gasteiger partial charge in [0.1, 0.15) is 5.70 Å². The SMILES string of the molecule is O=C(N/N=C/c1ccccc1[N+](=O)[O-])/C(=C\c1ccc2c(c1)OCO2)NC(=O)c1ccccc1. The molecule has 3 aromatic carbocycles. The van der Waals surface area contributed by atoms with Crippen LogP contribution in [0.2, 0.25) is 0 Å². The maximum Gasteiger partial charge on any atom is 0.287 e. The van der Waals surface area contributed by atoms with Crippen molar-refractivity contribution >= 4 is 29.8 Å². The summed E-state index contributed by atoms with van der Waals surface area (Å²) in [5, 5.41) is 17.6. The molecule has 0 saturated heterocycles. The van der Waals surface area contributed by atoms with Crippen molar-refractivity contribution in [1.29, 1.82) is 0 Å². The highest BCUT2D eigenvalue weighted by molar-refractivity contribution is 6.05. The third-order valence-corrected chi connectivity index (χ3v) is 4.74. The molecular weight excluding hydrogens is 440 g/mol. The average molecular weight is 458 g/mol. The molecule has 0 radical (unpaired) electrons. The average Bonchev–Trinajstić information content (AvgIpc) is 3.32. The van der Waals surface area contributed by atoms with Crippen molar-refractivity contribution in [3.63, 3.8) is 0 Å². The zero-order valence-corrected chi connectivity index (χ0v) is 17.6. The monoisotopic (exact) mass is 458 g/mol. The molecule has 0 fully saturated rings. The first-order valence-electron chi connectivity index (χ1n) is 10.1. The fourth-order valence-corrected chi connectivity index (χ4v) is 3.10. The number of rotatable bonds is 7. The van der Waals surface area contributed by atoms with Crippen LogP contribution in [0.1, 0.15) is 21.5 Å². The summed E-state index contributed by atoms with van der Waals surface area (Å²) in [4.78, 5) is 36.1. The highest BCUT2D eigenvalue weighted by Gasteiger charge is 2.17. The van der Waals surface area contributed by atoms with Crippen LogP contribution in [0.3, 0.4) is 0 Å². The van der Waals surface area contributed by atoms with Crippen LogP contribution in [0.5, 0.6) is 11.5 Å². The second kappa shape index (κ2) is 10.1. The summed E-state index contributed by atoms with van der Waals surface area (Å²) < 4.78 is 10.6. The number of hydrogen-bond donors (Lipinski definition) is 2. The van der Waals surface area contributed by atoms with Crippen LogP contribution in [0.4, 0.5) is 5.69 Å². The molecule has 1 aliphatic rings. The van der Waals surface area contributed by atoms with Gasteiger partial charge in [-0.25, -0.2) is 5.43 Å². The molecule has 1 aliphatic heterocycles. The first-order valence-corrected chi connectivity index (χ1v) is 10.1. The van der Waals surface area contributed by atoms with Crippen molar-refractivity contribution in [2.45, 2.75) is 0 Å². The van der Waals surface area contributed by atoms with Gasteiger partial charge in [-0.05, 0) is 42.0 Å². The molecule has 4 rings (SSSR count). The molecule has 0 aliphatic carbocycles. The Balaban J connectivity index is 1.57. The molecule has 0 saturated carbocycles. The summed E-state index contributed by atoms with van der Waals surface area (Å²) in [6, 6.07) is 19.4. The number of carbonyl (C=O) groups is 2. The van der Waals surface area contributed by atoms with Gasteiger partial charge in [-0.2, -0.15) is 5.10 Å². The van der Waals surface area contributed by atoms with Crippen molar-refractivity contribution in [3.8, 4) is 11.5 Å². The van der Waals surface area contributed by atoms with Gasteiger partial charge in [0, 0.05) is 11.6 Å². The van der Waals surface area contributed by atoms with Crippen LogP contribution >= 0.6 is 0 Å². The number of hydrazone groups is 1. The van der Waals surface area contributed by atoms with Crippen LogP contribution in [-0.2, 0) is 4.79 Å². The van der Waals surface area contributed by atoms with Crippen molar-refractivity contribution in [2.24, 2.45) is 5.10 Å². The predicted molar refractivity (Wildman–Crippen MR) is 123 cm³/mol. The zero-order chi connectivity index (χ0) is 23.9. The van der Waals surface area contributed by atoms with Gasteiger partial charge >= 0.3 is 0 Å². The van der Waals surface area contributed by atoms with Gasteiger partial charge in [0.15, 0.2) is 11.5 Å². The van der Waals surface area contributed by atoms with Gasteiger partial charge in [-0.15, -0.1) is 0 Å². The highest BCUT2D eigenvalue weighted by Crippen LogP contribution is 2.33. The van der Waals surface area contributed by atoms with Crippen LogP contribution in [0.25, 0.3) is 6.08 Å². The summed E-state index contributed by atoms with van der Waals surface area (Å²) in [5.74, 6) is -0.134. The molecule has 0 bridgehead atoms. The number of amides is 2. The first kappa shape index (κ1) is 22.2. The third kappa shape index (κ3) is 5.25. The van der Waals surface area contributed by atoms with Crippen LogP contribution in [0, 0.1) is 10.1 Å². The summed E-state index contributed by atoms with van der Waals surface area (Å²) >= 11 is 0. The highest BCUT2D eigenvalue weighted by atomic mass is 16.7. The minimum atomic E-state index is -0.725. The zero-order valence-electron chi connectivity index (χ0n) is 17.6. The normalized spacial score (nSPS) is 12.4. The van der Waals surface area contributed by atoms with Crippen LogP contribution < -0.4 is 20.2 Å². The molecule has 0 unspecified atom stereocenters. The fourth-order valence-electron chi connectivity index (χ4n) is 3.10. The molecule has 0 atom stereocenters. The summed E-state index contributed by atoms with van der Waals surface area (Å²) in [6.45, 7) is 0.0981. The molecular formula is C24H18N4O6. The van der Waals surface area contributed by atoms with E-state index in [2.05, 4.69) is 15.8 Å². The minimum Gasteiger partial charge on any atom is -0.454 e. The maximum atomic E-state index is 12.9. The number of ether oxygens (including phenoxy) is 2. The van der Waals surface area contributed by atoms with Crippen LogP contribution in [0.15, 0.2) is 83.6 Å². The first-order chi connectivity index (χ1) is 16.5. The Kier molecular flexibility index (Phi) is 6.59. The summed E-state index contributed by atoms with van der Waals surface area (Å²) in [5.41, 5.74) is 3.19. The number of hydrogen-bond acceptors (Lipinski definition) is 7. The van der Waals surface area contributed by atoms with E-state index < -0.39 is 16.7 Å². The Morgan fingerprint density at radius 2 is 1.71 bits per heavy atom.